The van der Waals surface area contributed by atoms with E-state index in [2.05, 4.69) is 58.9 Å². The topological polar surface area (TPSA) is 20.2 Å². The number of rotatable bonds is 4. The third kappa shape index (κ3) is 3.91. The summed E-state index contributed by atoms with van der Waals surface area (Å²) < 4.78 is 0. The Morgan fingerprint density at radius 3 is 2.09 bits per heavy atom. The SMILES string of the molecule is CC(C)[C](Cc1ccc(O)cc1)c1ccccc1C(C)(C)C. The Labute approximate surface area is 135 Å². The van der Waals surface area contributed by atoms with E-state index in [-0.39, 0.29) is 5.41 Å². The van der Waals surface area contributed by atoms with Crippen molar-refractivity contribution in [1.29, 1.82) is 0 Å². The highest BCUT2D eigenvalue weighted by Crippen LogP contribution is 2.35. The molecule has 0 aliphatic rings. The van der Waals surface area contributed by atoms with Crippen molar-refractivity contribution in [3.05, 3.63) is 71.1 Å². The van der Waals surface area contributed by atoms with Crippen LogP contribution in [0.1, 0.15) is 51.3 Å². The maximum absolute atomic E-state index is 9.46. The molecule has 0 amide bonds. The van der Waals surface area contributed by atoms with Gasteiger partial charge in [-0.1, -0.05) is 71.0 Å². The van der Waals surface area contributed by atoms with Crippen molar-refractivity contribution in [3.63, 3.8) is 0 Å². The molecule has 1 N–H and O–H groups in total. The lowest BCUT2D eigenvalue weighted by Gasteiger charge is -2.29. The van der Waals surface area contributed by atoms with Crippen molar-refractivity contribution in [3.8, 4) is 5.75 Å². The van der Waals surface area contributed by atoms with Gasteiger partial charge in [-0.3, -0.25) is 0 Å². The second-order valence-electron chi connectivity index (χ2n) is 7.32. The van der Waals surface area contributed by atoms with Crippen LogP contribution in [0.2, 0.25) is 0 Å². The molecule has 1 nitrogen and oxygen atoms in total. The molecule has 2 aromatic carbocycles. The van der Waals surface area contributed by atoms with Crippen LogP contribution in [-0.4, -0.2) is 5.11 Å². The van der Waals surface area contributed by atoms with E-state index in [4.69, 9.17) is 0 Å². The lowest BCUT2D eigenvalue weighted by atomic mass is 9.75. The van der Waals surface area contributed by atoms with Gasteiger partial charge in [0.15, 0.2) is 0 Å². The Bertz CT molecular complexity index is 603. The van der Waals surface area contributed by atoms with Crippen LogP contribution in [0, 0.1) is 11.8 Å². The number of aromatic hydroxyl groups is 1. The molecule has 117 valence electrons. The van der Waals surface area contributed by atoms with Gasteiger partial charge in [-0.05, 0) is 46.6 Å². The average Bonchev–Trinajstić information content (AvgIpc) is 2.45. The van der Waals surface area contributed by atoms with E-state index in [9.17, 15) is 5.11 Å². The quantitative estimate of drug-likeness (QED) is 0.788. The number of hydrogen-bond donors (Lipinski definition) is 1. The maximum Gasteiger partial charge on any atom is 0.115 e. The zero-order chi connectivity index (χ0) is 16.3. The zero-order valence-corrected chi connectivity index (χ0v) is 14.4. The molecule has 0 unspecified atom stereocenters. The third-order valence-electron chi connectivity index (χ3n) is 4.11. The Morgan fingerprint density at radius 1 is 0.955 bits per heavy atom. The van der Waals surface area contributed by atoms with Crippen molar-refractivity contribution < 1.29 is 5.11 Å². The smallest absolute Gasteiger partial charge is 0.115 e. The number of phenolic OH excluding ortho intramolecular Hbond substituents is 1. The molecule has 0 saturated heterocycles. The lowest BCUT2D eigenvalue weighted by Crippen LogP contribution is -2.20. The summed E-state index contributed by atoms with van der Waals surface area (Å²) >= 11 is 0. The van der Waals surface area contributed by atoms with Crippen molar-refractivity contribution in [1.82, 2.24) is 0 Å². The first-order valence-electron chi connectivity index (χ1n) is 8.02. The summed E-state index contributed by atoms with van der Waals surface area (Å²) in [5.41, 5.74) is 4.15. The lowest BCUT2D eigenvalue weighted by molar-refractivity contribution is 0.475. The fourth-order valence-corrected chi connectivity index (χ4v) is 2.86. The van der Waals surface area contributed by atoms with E-state index >= 15 is 0 Å². The van der Waals surface area contributed by atoms with Crippen molar-refractivity contribution in [2.24, 2.45) is 5.92 Å². The minimum atomic E-state index is 0.131. The molecule has 0 aliphatic heterocycles. The number of phenols is 1. The molecule has 0 atom stereocenters. The van der Waals surface area contributed by atoms with Crippen LogP contribution in [0.25, 0.3) is 0 Å². The Balaban J connectivity index is 2.39. The van der Waals surface area contributed by atoms with E-state index in [1.807, 2.05) is 12.1 Å². The zero-order valence-electron chi connectivity index (χ0n) is 14.4. The average molecular weight is 295 g/mol. The summed E-state index contributed by atoms with van der Waals surface area (Å²) in [5.74, 6) is 2.26. The van der Waals surface area contributed by atoms with Gasteiger partial charge in [-0.15, -0.1) is 0 Å². The van der Waals surface area contributed by atoms with Gasteiger partial charge in [-0.2, -0.15) is 0 Å². The van der Waals surface area contributed by atoms with Gasteiger partial charge >= 0.3 is 0 Å². The molecule has 1 heteroatoms. The normalized spacial score (nSPS) is 12.1. The fraction of sp³-hybridized carbons (Fsp3) is 0.381. The van der Waals surface area contributed by atoms with Crippen LogP contribution in [-0.2, 0) is 11.8 Å². The van der Waals surface area contributed by atoms with Crippen LogP contribution in [0.3, 0.4) is 0 Å². The van der Waals surface area contributed by atoms with E-state index in [0.717, 1.165) is 6.42 Å². The molecule has 2 rings (SSSR count). The molecule has 0 spiro atoms. The maximum atomic E-state index is 9.46. The standard InChI is InChI=1S/C21H27O/c1-15(2)19(14-16-10-12-17(22)13-11-16)18-8-6-7-9-20(18)21(3,4)5/h6-13,15,22H,14H2,1-5H3. The van der Waals surface area contributed by atoms with Crippen LogP contribution in [0.5, 0.6) is 5.75 Å². The van der Waals surface area contributed by atoms with Crippen LogP contribution in [0.4, 0.5) is 0 Å². The summed E-state index contributed by atoms with van der Waals surface area (Å²) in [4.78, 5) is 0. The van der Waals surface area contributed by atoms with E-state index in [1.54, 1.807) is 12.1 Å². The summed E-state index contributed by atoms with van der Waals surface area (Å²) in [6, 6.07) is 16.3. The molecule has 0 aliphatic carbocycles. The van der Waals surface area contributed by atoms with Crippen molar-refractivity contribution >= 4 is 0 Å². The van der Waals surface area contributed by atoms with Crippen LogP contribution >= 0.6 is 0 Å². The molecular weight excluding hydrogens is 268 g/mol. The second-order valence-corrected chi connectivity index (χ2v) is 7.32. The number of hydrogen-bond acceptors (Lipinski definition) is 1. The Hall–Kier alpha value is -1.76. The van der Waals surface area contributed by atoms with E-state index in [1.165, 1.54) is 22.6 Å². The molecule has 1 radical (unpaired) electrons. The fourth-order valence-electron chi connectivity index (χ4n) is 2.86. The molecular formula is C21H27O. The molecule has 0 saturated carbocycles. The van der Waals surface area contributed by atoms with E-state index in [0.29, 0.717) is 11.7 Å². The first-order valence-corrected chi connectivity index (χ1v) is 8.02. The molecule has 0 heterocycles. The minimum absolute atomic E-state index is 0.131. The van der Waals surface area contributed by atoms with Crippen LogP contribution in [0.15, 0.2) is 48.5 Å². The van der Waals surface area contributed by atoms with Crippen molar-refractivity contribution in [2.45, 2.75) is 46.5 Å². The van der Waals surface area contributed by atoms with Gasteiger partial charge in [0, 0.05) is 5.92 Å². The van der Waals surface area contributed by atoms with Gasteiger partial charge in [-0.25, -0.2) is 0 Å². The monoisotopic (exact) mass is 295 g/mol. The van der Waals surface area contributed by atoms with Gasteiger partial charge in [0.25, 0.3) is 0 Å². The van der Waals surface area contributed by atoms with Gasteiger partial charge in [0.1, 0.15) is 5.75 Å². The highest BCUT2D eigenvalue weighted by molar-refractivity contribution is 5.45. The predicted octanol–water partition coefficient (Wildman–Crippen LogP) is 5.51. The minimum Gasteiger partial charge on any atom is -0.508 e. The van der Waals surface area contributed by atoms with Crippen molar-refractivity contribution in [2.75, 3.05) is 0 Å². The summed E-state index contributed by atoms with van der Waals surface area (Å²) in [6.45, 7) is 11.3. The molecule has 0 aromatic heterocycles. The van der Waals surface area contributed by atoms with Crippen LogP contribution < -0.4 is 0 Å². The highest BCUT2D eigenvalue weighted by Gasteiger charge is 2.25. The molecule has 0 bridgehead atoms. The van der Waals surface area contributed by atoms with E-state index < -0.39 is 0 Å². The second kappa shape index (κ2) is 6.56. The molecule has 22 heavy (non-hydrogen) atoms. The van der Waals surface area contributed by atoms with Gasteiger partial charge in [0.2, 0.25) is 0 Å². The summed E-state index contributed by atoms with van der Waals surface area (Å²) in [5, 5.41) is 9.46. The number of benzene rings is 2. The van der Waals surface area contributed by atoms with Gasteiger partial charge < -0.3 is 5.11 Å². The largest absolute Gasteiger partial charge is 0.508 e. The molecule has 2 aromatic rings. The highest BCUT2D eigenvalue weighted by atomic mass is 16.3. The third-order valence-corrected chi connectivity index (χ3v) is 4.11. The first kappa shape index (κ1) is 16.6. The Morgan fingerprint density at radius 2 is 1.55 bits per heavy atom. The Kier molecular flexibility index (Phi) is 4.95. The molecule has 0 fully saturated rings. The summed E-state index contributed by atoms with van der Waals surface area (Å²) in [7, 11) is 0. The predicted molar refractivity (Wildman–Crippen MR) is 94.1 cm³/mol. The first-order chi connectivity index (χ1) is 10.3. The summed E-state index contributed by atoms with van der Waals surface area (Å²) in [6.07, 6.45) is 0.922. The van der Waals surface area contributed by atoms with Gasteiger partial charge in [0.05, 0.1) is 0 Å².